The van der Waals surface area contributed by atoms with Crippen LogP contribution in [-0.2, 0) is 4.79 Å². The second kappa shape index (κ2) is 11.7. The Kier molecular flexibility index (Phi) is 7.69. The van der Waals surface area contributed by atoms with Crippen LogP contribution in [0.3, 0.4) is 0 Å². The Morgan fingerprint density at radius 1 is 1.12 bits per heavy atom. The van der Waals surface area contributed by atoms with Crippen LogP contribution in [0.25, 0.3) is 22.2 Å². The number of carbonyl (C=O) groups is 2. The number of carbonyl (C=O) groups excluding carboxylic acids is 2. The summed E-state index contributed by atoms with van der Waals surface area (Å²) in [6.07, 6.45) is 6.53. The Labute approximate surface area is 235 Å². The standard InChI is InChI=1S/C31H27N7O3/c1-4-25(39)32-16-9-8-11-22-12-10-15-24-27(22)31(41)38(23-13-6-5-7-14-23)28(36-24)21(3)35-30(40)26-20(2)34-19-37-18-17-33-29(26)37/h4-7,10,12-15,17-19,21H,1,9,16H2,2-3H3,(H,32,39)(H,35,40). The van der Waals surface area contributed by atoms with Crippen LogP contribution in [0.15, 0.2) is 84.7 Å². The third kappa shape index (κ3) is 5.46. The number of hydrogen-bond donors (Lipinski definition) is 2. The molecular formula is C31H27N7O3. The van der Waals surface area contributed by atoms with Gasteiger partial charge in [0.25, 0.3) is 11.5 Å². The van der Waals surface area contributed by atoms with E-state index in [0.717, 1.165) is 0 Å². The Balaban J connectivity index is 1.56. The number of aromatic nitrogens is 5. The van der Waals surface area contributed by atoms with E-state index < -0.39 is 6.04 Å². The van der Waals surface area contributed by atoms with E-state index in [2.05, 4.69) is 39.0 Å². The molecule has 0 radical (unpaired) electrons. The van der Waals surface area contributed by atoms with Crippen LogP contribution in [0, 0.1) is 18.8 Å². The Hall–Kier alpha value is -5.56. The number of hydrogen-bond acceptors (Lipinski definition) is 6. The maximum Gasteiger partial charge on any atom is 0.267 e. The number of rotatable bonds is 7. The average molecular weight is 546 g/mol. The van der Waals surface area contributed by atoms with Gasteiger partial charge >= 0.3 is 0 Å². The number of benzene rings is 2. The molecule has 3 aromatic heterocycles. The zero-order valence-electron chi connectivity index (χ0n) is 22.6. The van der Waals surface area contributed by atoms with Crippen molar-refractivity contribution in [2.45, 2.75) is 26.3 Å². The molecule has 41 heavy (non-hydrogen) atoms. The SMILES string of the molecule is C=CC(=O)NCCC#Cc1cccc2nc(C(C)NC(=O)c3c(C)ncn4ccnc34)n(-c3ccccc3)c(=O)c12. The first kappa shape index (κ1) is 27.0. The molecule has 10 nitrogen and oxygen atoms in total. The van der Waals surface area contributed by atoms with E-state index in [1.165, 1.54) is 10.6 Å². The molecule has 0 aliphatic heterocycles. The molecular weight excluding hydrogens is 518 g/mol. The lowest BCUT2D eigenvalue weighted by atomic mass is 10.1. The van der Waals surface area contributed by atoms with Crippen LogP contribution < -0.4 is 16.2 Å². The van der Waals surface area contributed by atoms with Gasteiger partial charge < -0.3 is 10.6 Å². The zero-order chi connectivity index (χ0) is 28.9. The fourth-order valence-corrected chi connectivity index (χ4v) is 4.52. The highest BCUT2D eigenvalue weighted by molar-refractivity contribution is 6.01. The smallest absolute Gasteiger partial charge is 0.267 e. The Morgan fingerprint density at radius 3 is 2.71 bits per heavy atom. The van der Waals surface area contributed by atoms with Gasteiger partial charge in [0.2, 0.25) is 5.91 Å². The van der Waals surface area contributed by atoms with Gasteiger partial charge in [0.1, 0.15) is 17.7 Å². The van der Waals surface area contributed by atoms with Crippen molar-refractivity contribution >= 4 is 28.4 Å². The minimum absolute atomic E-state index is 0.270. The summed E-state index contributed by atoms with van der Waals surface area (Å²) in [5.74, 6) is 5.78. The second-order valence-corrected chi connectivity index (χ2v) is 9.25. The van der Waals surface area contributed by atoms with Gasteiger partial charge in [0.05, 0.1) is 28.3 Å². The van der Waals surface area contributed by atoms with Crippen molar-refractivity contribution in [3.05, 3.63) is 113 Å². The van der Waals surface area contributed by atoms with Crippen LogP contribution in [0.2, 0.25) is 0 Å². The maximum atomic E-state index is 14.1. The van der Waals surface area contributed by atoms with Crippen LogP contribution in [-0.4, -0.2) is 42.3 Å². The lowest BCUT2D eigenvalue weighted by Crippen LogP contribution is -2.34. The highest BCUT2D eigenvalue weighted by atomic mass is 16.2. The number of nitrogens with one attached hydrogen (secondary N) is 2. The summed E-state index contributed by atoms with van der Waals surface area (Å²) in [4.78, 5) is 52.4. The molecule has 0 spiro atoms. The number of imidazole rings is 1. The molecule has 1 atom stereocenters. The molecule has 0 aliphatic carbocycles. The van der Waals surface area contributed by atoms with Crippen molar-refractivity contribution in [2.75, 3.05) is 6.54 Å². The van der Waals surface area contributed by atoms with E-state index in [1.54, 1.807) is 55.2 Å². The maximum absolute atomic E-state index is 14.1. The summed E-state index contributed by atoms with van der Waals surface area (Å²) >= 11 is 0. The summed E-state index contributed by atoms with van der Waals surface area (Å²) in [7, 11) is 0. The monoisotopic (exact) mass is 545 g/mol. The van der Waals surface area contributed by atoms with Crippen molar-refractivity contribution in [2.24, 2.45) is 0 Å². The Bertz CT molecular complexity index is 1910. The predicted molar refractivity (Wildman–Crippen MR) is 156 cm³/mol. The van der Waals surface area contributed by atoms with Crippen molar-refractivity contribution in [3.63, 3.8) is 0 Å². The van der Waals surface area contributed by atoms with E-state index in [0.29, 0.717) is 57.8 Å². The number of nitrogens with zero attached hydrogens (tertiary/aromatic N) is 5. The summed E-state index contributed by atoms with van der Waals surface area (Å²) < 4.78 is 3.18. The van der Waals surface area contributed by atoms with Gasteiger partial charge in [0.15, 0.2) is 5.65 Å². The molecule has 3 heterocycles. The summed E-state index contributed by atoms with van der Waals surface area (Å²) in [6.45, 7) is 7.31. The van der Waals surface area contributed by atoms with Crippen molar-refractivity contribution in [1.82, 2.24) is 34.6 Å². The zero-order valence-corrected chi connectivity index (χ0v) is 22.6. The minimum atomic E-state index is -0.655. The second-order valence-electron chi connectivity index (χ2n) is 9.25. The van der Waals surface area contributed by atoms with Crippen molar-refractivity contribution < 1.29 is 9.59 Å². The molecule has 0 bridgehead atoms. The Morgan fingerprint density at radius 2 is 1.93 bits per heavy atom. The van der Waals surface area contributed by atoms with E-state index in [4.69, 9.17) is 4.98 Å². The van der Waals surface area contributed by atoms with Gasteiger partial charge in [-0.15, -0.1) is 0 Å². The van der Waals surface area contributed by atoms with Gasteiger partial charge in [-0.25, -0.2) is 15.0 Å². The van der Waals surface area contributed by atoms with Crippen LogP contribution in [0.1, 0.15) is 46.8 Å². The highest BCUT2D eigenvalue weighted by Gasteiger charge is 2.23. The topological polar surface area (TPSA) is 123 Å². The number of aryl methyl sites for hydroxylation is 1. The summed E-state index contributed by atoms with van der Waals surface area (Å²) in [5.41, 5.74) is 2.64. The first-order valence-corrected chi connectivity index (χ1v) is 13.0. The largest absolute Gasteiger partial charge is 0.352 e. The van der Waals surface area contributed by atoms with Gasteiger partial charge in [-0.3, -0.25) is 23.4 Å². The summed E-state index contributed by atoms with van der Waals surface area (Å²) in [6, 6.07) is 13.8. The third-order valence-corrected chi connectivity index (χ3v) is 6.49. The minimum Gasteiger partial charge on any atom is -0.352 e. The fourth-order valence-electron chi connectivity index (χ4n) is 4.52. The molecule has 2 N–H and O–H groups in total. The molecule has 5 aromatic rings. The quantitative estimate of drug-likeness (QED) is 0.184. The third-order valence-electron chi connectivity index (χ3n) is 6.49. The van der Waals surface area contributed by atoms with E-state index in [9.17, 15) is 14.4 Å². The molecule has 2 aromatic carbocycles. The number of fused-ring (bicyclic) bond motifs is 2. The lowest BCUT2D eigenvalue weighted by molar-refractivity contribution is -0.116. The van der Waals surface area contributed by atoms with Gasteiger partial charge in [-0.2, -0.15) is 0 Å². The van der Waals surface area contributed by atoms with Gasteiger partial charge in [-0.05, 0) is 44.2 Å². The highest BCUT2D eigenvalue weighted by Crippen LogP contribution is 2.21. The molecule has 2 amide bonds. The molecule has 0 saturated carbocycles. The van der Waals surface area contributed by atoms with Crippen LogP contribution >= 0.6 is 0 Å². The van der Waals surface area contributed by atoms with Crippen LogP contribution in [0.5, 0.6) is 0 Å². The van der Waals surface area contributed by atoms with Gasteiger partial charge in [0, 0.05) is 30.9 Å². The van der Waals surface area contributed by atoms with E-state index in [1.807, 2.05) is 30.3 Å². The van der Waals surface area contributed by atoms with Crippen LogP contribution in [0.4, 0.5) is 0 Å². The molecule has 0 aliphatic rings. The molecule has 0 fully saturated rings. The van der Waals surface area contributed by atoms with E-state index in [-0.39, 0.29) is 17.4 Å². The summed E-state index contributed by atoms with van der Waals surface area (Å²) in [5, 5.41) is 6.03. The normalized spacial score (nSPS) is 11.5. The molecule has 5 rings (SSSR count). The predicted octanol–water partition coefficient (Wildman–Crippen LogP) is 3.27. The number of para-hydroxylation sites is 1. The molecule has 0 saturated heterocycles. The first-order valence-electron chi connectivity index (χ1n) is 13.0. The lowest BCUT2D eigenvalue weighted by Gasteiger charge is -2.20. The first-order chi connectivity index (χ1) is 19.9. The molecule has 1 unspecified atom stereocenters. The number of amides is 2. The van der Waals surface area contributed by atoms with E-state index >= 15 is 0 Å². The average Bonchev–Trinajstić information content (AvgIpc) is 3.45. The van der Waals surface area contributed by atoms with Crippen molar-refractivity contribution in [3.8, 4) is 17.5 Å². The fraction of sp³-hybridized carbons (Fsp3) is 0.161. The van der Waals surface area contributed by atoms with Crippen molar-refractivity contribution in [1.29, 1.82) is 0 Å². The molecule has 204 valence electrons. The molecule has 10 heteroatoms. The van der Waals surface area contributed by atoms with Gasteiger partial charge in [-0.1, -0.05) is 42.7 Å².